The summed E-state index contributed by atoms with van der Waals surface area (Å²) in [6, 6.07) is 6.51. The Balaban J connectivity index is 2.17. The van der Waals surface area contributed by atoms with Crippen LogP contribution in [0.15, 0.2) is 30.3 Å². The summed E-state index contributed by atoms with van der Waals surface area (Å²) < 4.78 is 19.4. The Hall–Kier alpha value is -1.82. The minimum atomic E-state index is -2.34. The van der Waals surface area contributed by atoms with E-state index in [0.717, 1.165) is 5.57 Å². The first-order chi connectivity index (χ1) is 15.3. The van der Waals surface area contributed by atoms with Crippen molar-refractivity contribution in [3.63, 3.8) is 0 Å². The van der Waals surface area contributed by atoms with E-state index >= 15 is 0 Å². The third-order valence-corrected chi connectivity index (χ3v) is 16.9. The Bertz CT molecular complexity index is 1020. The van der Waals surface area contributed by atoms with Gasteiger partial charge in [-0.2, -0.15) is 0 Å². The molecule has 188 valence electrons. The number of benzene rings is 1. The normalized spacial score (nSPS) is 25.7. The lowest BCUT2D eigenvalue weighted by Crippen LogP contribution is -2.53. The molecule has 2 aliphatic rings. The number of nitrogens with zero attached hydrogens (tertiary/aromatic N) is 1. The second kappa shape index (κ2) is 8.39. The lowest BCUT2D eigenvalue weighted by molar-refractivity contribution is -0.384. The van der Waals surface area contributed by atoms with Crippen LogP contribution in [0, 0.1) is 10.1 Å². The fourth-order valence-corrected chi connectivity index (χ4v) is 6.59. The predicted octanol–water partition coefficient (Wildman–Crippen LogP) is 6.46. The number of nitro groups is 1. The third-order valence-electron chi connectivity index (χ3n) is 8.00. The molecule has 1 fully saturated rings. The molecule has 3 atom stereocenters. The number of fused-ring (bicyclic) bond motifs is 2. The fourth-order valence-electron chi connectivity index (χ4n) is 3.88. The zero-order chi connectivity index (χ0) is 25.9. The summed E-state index contributed by atoms with van der Waals surface area (Å²) in [6.07, 6.45) is 1.21. The van der Waals surface area contributed by atoms with Crippen molar-refractivity contribution in [2.75, 3.05) is 0 Å². The Morgan fingerprint density at radius 3 is 2.18 bits per heavy atom. The molecule has 3 rings (SSSR count). The van der Waals surface area contributed by atoms with Gasteiger partial charge in [-0.1, -0.05) is 53.7 Å². The molecule has 0 unspecified atom stereocenters. The summed E-state index contributed by atoms with van der Waals surface area (Å²) in [4.78, 5) is 24.4. The van der Waals surface area contributed by atoms with Crippen LogP contribution in [0.3, 0.4) is 0 Å². The van der Waals surface area contributed by atoms with E-state index in [4.69, 9.17) is 13.6 Å². The van der Waals surface area contributed by atoms with Crippen LogP contribution < -0.4 is 0 Å². The van der Waals surface area contributed by atoms with Crippen molar-refractivity contribution in [1.29, 1.82) is 0 Å². The van der Waals surface area contributed by atoms with Crippen molar-refractivity contribution in [3.05, 3.63) is 46.0 Å². The number of nitro benzene ring substituents is 1. The van der Waals surface area contributed by atoms with Gasteiger partial charge < -0.3 is 13.6 Å². The number of carbonyl (C=O) groups excluding carboxylic acids is 1. The minimum absolute atomic E-state index is 0.00555. The highest BCUT2D eigenvalue weighted by Gasteiger charge is 2.60. The van der Waals surface area contributed by atoms with Crippen LogP contribution in [0.5, 0.6) is 0 Å². The Kier molecular flexibility index (Phi) is 6.61. The Morgan fingerprint density at radius 1 is 1.06 bits per heavy atom. The summed E-state index contributed by atoms with van der Waals surface area (Å²) in [5.41, 5.74) is 0.174. The first kappa shape index (κ1) is 26.8. The summed E-state index contributed by atoms with van der Waals surface area (Å²) in [5, 5.41) is 11.3. The molecule has 0 radical (unpaired) electrons. The van der Waals surface area contributed by atoms with Gasteiger partial charge in [-0.3, -0.25) is 10.1 Å². The summed E-state index contributed by atoms with van der Waals surface area (Å²) in [6.45, 7) is 21.4. The van der Waals surface area contributed by atoms with Gasteiger partial charge in [0, 0.05) is 18.6 Å². The topological polar surface area (TPSA) is 87.9 Å². The van der Waals surface area contributed by atoms with Crippen molar-refractivity contribution in [1.82, 2.24) is 0 Å². The largest absolute Gasteiger partial charge is 0.457 e. The summed E-state index contributed by atoms with van der Waals surface area (Å²) >= 11 is 0. The van der Waals surface area contributed by atoms with Gasteiger partial charge in [0.2, 0.25) is 0 Å². The molecule has 9 heteroatoms. The molecular weight excluding hydrogens is 466 g/mol. The quantitative estimate of drug-likeness (QED) is 0.191. The lowest BCUT2D eigenvalue weighted by atomic mass is 9.82. The lowest BCUT2D eigenvalue weighted by Gasteiger charge is -2.45. The Morgan fingerprint density at radius 2 is 1.65 bits per heavy atom. The van der Waals surface area contributed by atoms with Crippen LogP contribution in [-0.2, 0) is 18.4 Å². The van der Waals surface area contributed by atoms with Crippen molar-refractivity contribution >= 4 is 33.9 Å². The average molecular weight is 506 g/mol. The number of ether oxygens (including phenoxy) is 1. The highest BCUT2D eigenvalue weighted by atomic mass is 28.4. The average Bonchev–Trinajstić information content (AvgIpc) is 2.93. The molecular formula is C25H39NO6Si2. The van der Waals surface area contributed by atoms with Crippen LogP contribution >= 0.6 is 0 Å². The number of rotatable bonds is 6. The number of non-ortho nitro benzene ring substituents is 1. The maximum atomic E-state index is 13.3. The van der Waals surface area contributed by atoms with E-state index < -0.39 is 45.3 Å². The molecule has 0 saturated carbocycles. The molecule has 7 nitrogen and oxygen atoms in total. The van der Waals surface area contributed by atoms with Crippen molar-refractivity contribution < 1.29 is 23.3 Å². The smallest absolute Gasteiger partial charge is 0.341 e. The number of esters is 1. The molecule has 1 aliphatic heterocycles. The first-order valence-electron chi connectivity index (χ1n) is 11.9. The van der Waals surface area contributed by atoms with Gasteiger partial charge in [-0.15, -0.1) is 0 Å². The fraction of sp³-hybridized carbons (Fsp3) is 0.640. The third kappa shape index (κ3) is 4.80. The number of carbonyl (C=O) groups is 1. The van der Waals surface area contributed by atoms with Crippen LogP contribution in [0.1, 0.15) is 53.5 Å². The van der Waals surface area contributed by atoms with Gasteiger partial charge in [0.15, 0.2) is 22.2 Å². The zero-order valence-electron chi connectivity index (χ0n) is 22.1. The molecule has 1 aromatic carbocycles. The van der Waals surface area contributed by atoms with Gasteiger partial charge in [-0.25, -0.2) is 4.79 Å². The van der Waals surface area contributed by atoms with Crippen LogP contribution in [0.25, 0.3) is 5.57 Å². The molecule has 1 saturated heterocycles. The molecule has 0 N–H and O–H groups in total. The van der Waals surface area contributed by atoms with Crippen molar-refractivity contribution in [3.8, 4) is 0 Å². The zero-order valence-corrected chi connectivity index (χ0v) is 24.1. The molecule has 34 heavy (non-hydrogen) atoms. The number of hydrogen-bond donors (Lipinski definition) is 0. The van der Waals surface area contributed by atoms with E-state index in [0.29, 0.717) is 12.0 Å². The molecule has 0 spiro atoms. The van der Waals surface area contributed by atoms with Gasteiger partial charge in [0.25, 0.3) is 5.69 Å². The molecule has 1 aromatic rings. The van der Waals surface area contributed by atoms with Crippen molar-refractivity contribution in [2.24, 2.45) is 0 Å². The maximum Gasteiger partial charge on any atom is 0.341 e. The van der Waals surface area contributed by atoms with E-state index in [1.54, 1.807) is 12.1 Å². The second-order valence-corrected chi connectivity index (χ2v) is 22.1. The summed E-state index contributed by atoms with van der Waals surface area (Å²) in [7, 11) is -4.61. The van der Waals surface area contributed by atoms with Gasteiger partial charge in [-0.05, 0) is 53.5 Å². The SMILES string of the molecule is CC(C)(C)[Si](C)(C)O[C@@H]1C(c2cccc([N+](=O)[O-])c2)=C[C@]2(O[Si](C)(C)C(C)(C)C)C[C@H]1OC2=O. The Labute approximate surface area is 205 Å². The van der Waals surface area contributed by atoms with Crippen LogP contribution in [0.4, 0.5) is 5.69 Å². The highest BCUT2D eigenvalue weighted by Crippen LogP contribution is 2.50. The van der Waals surface area contributed by atoms with Crippen LogP contribution in [-0.4, -0.2) is 45.3 Å². The van der Waals surface area contributed by atoms with E-state index in [1.807, 2.05) is 12.1 Å². The van der Waals surface area contributed by atoms with Gasteiger partial charge in [0.1, 0.15) is 12.2 Å². The van der Waals surface area contributed by atoms with Gasteiger partial charge in [0.05, 0.1) is 4.92 Å². The van der Waals surface area contributed by atoms with E-state index in [-0.39, 0.29) is 15.8 Å². The van der Waals surface area contributed by atoms with Crippen molar-refractivity contribution in [2.45, 2.75) is 102 Å². The molecule has 1 aliphatic carbocycles. The first-order valence-corrected chi connectivity index (χ1v) is 17.7. The molecule has 2 bridgehead atoms. The van der Waals surface area contributed by atoms with E-state index in [2.05, 4.69) is 67.7 Å². The number of hydrogen-bond acceptors (Lipinski definition) is 6. The molecule has 0 aromatic heterocycles. The standard InChI is InChI=1S/C25H39NO6Si2/c1-23(2,3)33(7,8)31-21-19(17-12-11-13-18(14-17)26(28)29)15-25(16-20(21)30-22(25)27)32-34(9,10)24(4,5)6/h11-15,20-21H,16H2,1-10H3/t20-,21-,25+/m1/s1. The second-order valence-electron chi connectivity index (χ2n) is 12.6. The highest BCUT2D eigenvalue weighted by molar-refractivity contribution is 6.74. The minimum Gasteiger partial charge on any atom is -0.457 e. The van der Waals surface area contributed by atoms with E-state index in [1.165, 1.54) is 6.07 Å². The monoisotopic (exact) mass is 505 g/mol. The van der Waals surface area contributed by atoms with Gasteiger partial charge >= 0.3 is 5.97 Å². The molecule has 1 heterocycles. The maximum absolute atomic E-state index is 13.3. The van der Waals surface area contributed by atoms with E-state index in [9.17, 15) is 14.9 Å². The predicted molar refractivity (Wildman–Crippen MR) is 139 cm³/mol. The van der Waals surface area contributed by atoms with Crippen LogP contribution in [0.2, 0.25) is 36.3 Å². The summed E-state index contributed by atoms with van der Waals surface area (Å²) in [5.74, 6) is -0.397. The molecule has 0 amide bonds.